The van der Waals surface area contributed by atoms with Crippen LogP contribution in [0.2, 0.25) is 0 Å². The summed E-state index contributed by atoms with van der Waals surface area (Å²) in [5.74, 6) is 4.90. The SMILES string of the molecule is [B]C#CC(=C)/C=C(Br)\C=C/C. The Morgan fingerprint density at radius 3 is 2.73 bits per heavy atom. The van der Waals surface area contributed by atoms with Crippen molar-refractivity contribution in [2.75, 3.05) is 0 Å². The molecule has 0 amide bonds. The van der Waals surface area contributed by atoms with Crippen LogP contribution in [0.1, 0.15) is 6.92 Å². The number of hydrogen-bond donors (Lipinski definition) is 0. The third-order valence-corrected chi connectivity index (χ3v) is 1.36. The zero-order valence-electron chi connectivity index (χ0n) is 6.39. The van der Waals surface area contributed by atoms with Crippen LogP contribution in [0.25, 0.3) is 0 Å². The minimum atomic E-state index is 0.692. The molecular formula is C9H8BBr. The number of rotatable bonds is 2. The molecule has 0 aromatic carbocycles. The van der Waals surface area contributed by atoms with E-state index < -0.39 is 0 Å². The van der Waals surface area contributed by atoms with Crippen molar-refractivity contribution >= 4 is 23.8 Å². The second kappa shape index (κ2) is 6.06. The predicted molar refractivity (Wildman–Crippen MR) is 54.5 cm³/mol. The Hall–Kier alpha value is -0.675. The van der Waals surface area contributed by atoms with E-state index in [-0.39, 0.29) is 0 Å². The molecule has 0 aliphatic rings. The molecule has 0 fully saturated rings. The summed E-state index contributed by atoms with van der Waals surface area (Å²) in [5.41, 5.74) is 0.692. The summed E-state index contributed by atoms with van der Waals surface area (Å²) in [6.07, 6.45) is 5.63. The summed E-state index contributed by atoms with van der Waals surface area (Å²) in [6.45, 7) is 5.61. The van der Waals surface area contributed by atoms with Gasteiger partial charge < -0.3 is 0 Å². The fourth-order valence-electron chi connectivity index (χ4n) is 0.503. The smallest absolute Gasteiger partial charge is 0.167 e. The van der Waals surface area contributed by atoms with E-state index in [9.17, 15) is 0 Å². The van der Waals surface area contributed by atoms with Gasteiger partial charge in [0.2, 0.25) is 0 Å². The number of halogens is 1. The minimum absolute atomic E-state index is 0.692. The summed E-state index contributed by atoms with van der Waals surface area (Å²) in [6, 6.07) is 0. The lowest BCUT2D eigenvalue weighted by molar-refractivity contribution is 1.70. The van der Waals surface area contributed by atoms with Gasteiger partial charge in [-0.25, -0.2) is 0 Å². The minimum Gasteiger partial charge on any atom is -0.167 e. The second-order valence-electron chi connectivity index (χ2n) is 1.82. The van der Waals surface area contributed by atoms with Crippen LogP contribution in [-0.2, 0) is 0 Å². The van der Waals surface area contributed by atoms with E-state index in [1.165, 1.54) is 0 Å². The van der Waals surface area contributed by atoms with Crippen LogP contribution in [0, 0.1) is 11.7 Å². The fraction of sp³-hybridized carbons (Fsp3) is 0.111. The molecular weight excluding hydrogens is 199 g/mol. The molecule has 0 aromatic heterocycles. The summed E-state index contributed by atoms with van der Waals surface area (Å²) < 4.78 is 0.938. The Kier molecular flexibility index (Phi) is 5.69. The van der Waals surface area contributed by atoms with Crippen molar-refractivity contribution in [3.05, 3.63) is 34.9 Å². The molecule has 0 aliphatic heterocycles. The van der Waals surface area contributed by atoms with Gasteiger partial charge >= 0.3 is 0 Å². The first-order valence-corrected chi connectivity index (χ1v) is 3.90. The zero-order chi connectivity index (χ0) is 8.69. The number of hydrogen-bond acceptors (Lipinski definition) is 0. The molecule has 0 spiro atoms. The molecule has 2 radical (unpaired) electrons. The largest absolute Gasteiger partial charge is 0.188 e. The lowest BCUT2D eigenvalue weighted by Gasteiger charge is -1.87. The van der Waals surface area contributed by atoms with Crippen LogP contribution in [0.5, 0.6) is 0 Å². The molecule has 0 saturated carbocycles. The van der Waals surface area contributed by atoms with Crippen molar-refractivity contribution in [2.45, 2.75) is 6.92 Å². The predicted octanol–water partition coefficient (Wildman–Crippen LogP) is 2.53. The Morgan fingerprint density at radius 1 is 1.64 bits per heavy atom. The van der Waals surface area contributed by atoms with E-state index in [0.29, 0.717) is 5.57 Å². The molecule has 0 saturated heterocycles. The standard InChI is InChI=1S/C9H8BBr/c1-3-4-9(11)7-8(2)5-6-10/h3-4,7H,2H2,1H3/b4-3-,9-7+. The van der Waals surface area contributed by atoms with E-state index in [4.69, 9.17) is 7.85 Å². The Bertz CT molecular complexity index is 250. The van der Waals surface area contributed by atoms with Crippen molar-refractivity contribution in [2.24, 2.45) is 0 Å². The van der Waals surface area contributed by atoms with Crippen LogP contribution < -0.4 is 0 Å². The van der Waals surface area contributed by atoms with E-state index in [1.807, 2.05) is 19.1 Å². The summed E-state index contributed by atoms with van der Waals surface area (Å²) >= 11 is 3.31. The lowest BCUT2D eigenvalue weighted by atomic mass is 10.1. The molecule has 11 heavy (non-hydrogen) atoms. The van der Waals surface area contributed by atoms with Crippen molar-refractivity contribution in [1.29, 1.82) is 0 Å². The Morgan fingerprint density at radius 2 is 2.27 bits per heavy atom. The maximum Gasteiger partial charge on any atom is 0.188 e. The highest BCUT2D eigenvalue weighted by Gasteiger charge is 1.83. The number of allylic oxidation sites excluding steroid dienone is 5. The highest BCUT2D eigenvalue weighted by Crippen LogP contribution is 2.09. The van der Waals surface area contributed by atoms with Crippen LogP contribution >= 0.6 is 15.9 Å². The molecule has 0 bridgehead atoms. The molecule has 0 N–H and O–H groups in total. The van der Waals surface area contributed by atoms with E-state index >= 15 is 0 Å². The maximum absolute atomic E-state index is 4.99. The first-order valence-electron chi connectivity index (χ1n) is 3.11. The van der Waals surface area contributed by atoms with Crippen LogP contribution in [0.4, 0.5) is 0 Å². The third kappa shape index (κ3) is 5.75. The molecule has 0 atom stereocenters. The molecule has 54 valence electrons. The molecule has 0 aliphatic carbocycles. The van der Waals surface area contributed by atoms with Crippen molar-refractivity contribution in [1.82, 2.24) is 0 Å². The maximum atomic E-state index is 4.99. The van der Waals surface area contributed by atoms with Gasteiger partial charge in [0.25, 0.3) is 0 Å². The average Bonchev–Trinajstić information content (AvgIpc) is 1.87. The first kappa shape index (κ1) is 10.3. The van der Waals surface area contributed by atoms with Crippen LogP contribution in [0.3, 0.4) is 0 Å². The zero-order valence-corrected chi connectivity index (χ0v) is 7.98. The normalized spacial score (nSPS) is 10.9. The topological polar surface area (TPSA) is 0 Å². The van der Waals surface area contributed by atoms with Gasteiger partial charge in [0.1, 0.15) is 0 Å². The van der Waals surface area contributed by atoms with E-state index in [1.54, 1.807) is 6.08 Å². The summed E-state index contributed by atoms with van der Waals surface area (Å²) in [7, 11) is 4.99. The lowest BCUT2D eigenvalue weighted by Crippen LogP contribution is -1.69. The summed E-state index contributed by atoms with van der Waals surface area (Å²) in [4.78, 5) is 0. The van der Waals surface area contributed by atoms with E-state index in [0.717, 1.165) is 4.48 Å². The van der Waals surface area contributed by atoms with Crippen molar-refractivity contribution in [3.63, 3.8) is 0 Å². The average molecular weight is 207 g/mol. The molecule has 0 rings (SSSR count). The van der Waals surface area contributed by atoms with Gasteiger partial charge in [0, 0.05) is 10.1 Å². The third-order valence-electron chi connectivity index (χ3n) is 0.871. The van der Waals surface area contributed by atoms with Gasteiger partial charge in [-0.05, 0) is 13.0 Å². The molecule has 0 nitrogen and oxygen atoms in total. The van der Waals surface area contributed by atoms with Gasteiger partial charge in [-0.1, -0.05) is 40.6 Å². The van der Waals surface area contributed by atoms with Gasteiger partial charge in [0.15, 0.2) is 7.85 Å². The highest BCUT2D eigenvalue weighted by atomic mass is 79.9. The Labute approximate surface area is 77.6 Å². The molecule has 0 unspecified atom stereocenters. The van der Waals surface area contributed by atoms with Gasteiger partial charge in [-0.3, -0.25) is 0 Å². The molecule has 0 heterocycles. The monoisotopic (exact) mass is 206 g/mol. The van der Waals surface area contributed by atoms with Gasteiger partial charge in [0.05, 0.1) is 0 Å². The van der Waals surface area contributed by atoms with Crippen molar-refractivity contribution < 1.29 is 0 Å². The van der Waals surface area contributed by atoms with Crippen molar-refractivity contribution in [3.8, 4) is 11.7 Å². The van der Waals surface area contributed by atoms with Gasteiger partial charge in [-0.2, -0.15) is 5.82 Å². The van der Waals surface area contributed by atoms with E-state index in [2.05, 4.69) is 34.2 Å². The molecule has 0 aromatic rings. The van der Waals surface area contributed by atoms with Gasteiger partial charge in [-0.15, -0.1) is 0 Å². The van der Waals surface area contributed by atoms with Crippen LogP contribution in [0.15, 0.2) is 34.9 Å². The molecule has 2 heteroatoms. The second-order valence-corrected chi connectivity index (χ2v) is 2.74. The highest BCUT2D eigenvalue weighted by molar-refractivity contribution is 9.11. The summed E-state index contributed by atoms with van der Waals surface area (Å²) in [5, 5.41) is 0. The quantitative estimate of drug-likeness (QED) is 0.370. The Balaban J connectivity index is 4.27. The first-order chi connectivity index (χ1) is 5.20. The fourth-order valence-corrected chi connectivity index (χ4v) is 1.04. The van der Waals surface area contributed by atoms with Crippen LogP contribution in [-0.4, -0.2) is 7.85 Å².